The molecular formula is C14H15BrClFN2S. The van der Waals surface area contributed by atoms with Crippen LogP contribution in [0.15, 0.2) is 22.0 Å². The van der Waals surface area contributed by atoms with Gasteiger partial charge in [-0.25, -0.2) is 9.37 Å². The van der Waals surface area contributed by atoms with Crippen LogP contribution in [-0.4, -0.2) is 4.98 Å². The van der Waals surface area contributed by atoms with Crippen LogP contribution < -0.4 is 5.32 Å². The summed E-state index contributed by atoms with van der Waals surface area (Å²) in [6.07, 6.45) is 0. The Balaban J connectivity index is 2.12. The molecule has 1 aromatic carbocycles. The summed E-state index contributed by atoms with van der Waals surface area (Å²) >= 11 is 11.0. The molecule has 1 heterocycles. The van der Waals surface area contributed by atoms with E-state index in [-0.39, 0.29) is 11.2 Å². The van der Waals surface area contributed by atoms with E-state index in [4.69, 9.17) is 11.6 Å². The van der Waals surface area contributed by atoms with E-state index in [9.17, 15) is 4.39 Å². The third-order valence-electron chi connectivity index (χ3n) is 2.65. The van der Waals surface area contributed by atoms with Crippen molar-refractivity contribution >= 4 is 44.6 Å². The molecule has 0 aliphatic rings. The average molecular weight is 378 g/mol. The molecule has 2 rings (SSSR count). The molecule has 20 heavy (non-hydrogen) atoms. The van der Waals surface area contributed by atoms with Crippen molar-refractivity contribution in [2.45, 2.75) is 32.7 Å². The minimum Gasteiger partial charge on any atom is -0.377 e. The van der Waals surface area contributed by atoms with E-state index in [2.05, 4.69) is 47.0 Å². The van der Waals surface area contributed by atoms with Crippen molar-refractivity contribution in [2.24, 2.45) is 0 Å². The van der Waals surface area contributed by atoms with Crippen molar-refractivity contribution in [3.63, 3.8) is 0 Å². The van der Waals surface area contributed by atoms with E-state index in [1.807, 2.05) is 5.38 Å². The summed E-state index contributed by atoms with van der Waals surface area (Å²) in [6, 6.07) is 2.67. The summed E-state index contributed by atoms with van der Waals surface area (Å²) < 4.78 is 13.8. The molecule has 2 nitrogen and oxygen atoms in total. The monoisotopic (exact) mass is 376 g/mol. The molecule has 108 valence electrons. The number of aromatic nitrogens is 1. The second-order valence-electron chi connectivity index (χ2n) is 5.49. The Bertz CT molecular complexity index is 599. The first-order valence-electron chi connectivity index (χ1n) is 6.10. The Morgan fingerprint density at radius 2 is 2.10 bits per heavy atom. The molecule has 6 heteroatoms. The number of nitrogens with one attached hydrogen (secondary N) is 1. The van der Waals surface area contributed by atoms with E-state index >= 15 is 0 Å². The van der Waals surface area contributed by atoms with Crippen LogP contribution in [0.5, 0.6) is 0 Å². The third-order valence-corrected chi connectivity index (χ3v) is 4.89. The van der Waals surface area contributed by atoms with Crippen LogP contribution in [0.1, 0.15) is 31.5 Å². The quantitative estimate of drug-likeness (QED) is 0.752. The number of hydrogen-bond acceptors (Lipinski definition) is 3. The van der Waals surface area contributed by atoms with Crippen LogP contribution in [0.25, 0.3) is 0 Å². The van der Waals surface area contributed by atoms with Gasteiger partial charge in [-0.15, -0.1) is 11.3 Å². The van der Waals surface area contributed by atoms with Crippen LogP contribution in [0.3, 0.4) is 0 Å². The molecule has 0 bridgehead atoms. The zero-order chi connectivity index (χ0) is 14.9. The first-order valence-corrected chi connectivity index (χ1v) is 8.16. The lowest BCUT2D eigenvalue weighted by Crippen LogP contribution is -2.11. The summed E-state index contributed by atoms with van der Waals surface area (Å²) in [5, 5.41) is 6.66. The minimum atomic E-state index is -0.365. The first kappa shape index (κ1) is 15.7. The van der Waals surface area contributed by atoms with Gasteiger partial charge in [0.1, 0.15) is 5.82 Å². The molecule has 0 aliphatic heterocycles. The second-order valence-corrected chi connectivity index (χ2v) is 7.61. The maximum Gasteiger partial charge on any atom is 0.125 e. The van der Waals surface area contributed by atoms with E-state index in [0.29, 0.717) is 21.7 Å². The molecule has 0 radical (unpaired) electrons. The van der Waals surface area contributed by atoms with Gasteiger partial charge in [0.25, 0.3) is 0 Å². The van der Waals surface area contributed by atoms with E-state index < -0.39 is 0 Å². The van der Waals surface area contributed by atoms with Gasteiger partial charge in [-0.2, -0.15) is 0 Å². The maximum absolute atomic E-state index is 13.2. The normalized spacial score (nSPS) is 11.7. The second kappa shape index (κ2) is 6.00. The lowest BCUT2D eigenvalue weighted by molar-refractivity contribution is 0.583. The fourth-order valence-corrected chi connectivity index (χ4v) is 3.49. The van der Waals surface area contributed by atoms with Crippen molar-refractivity contribution in [1.82, 2.24) is 4.98 Å². The first-order chi connectivity index (χ1) is 9.27. The molecule has 1 N–H and O–H groups in total. The Labute approximate surface area is 135 Å². The molecule has 0 unspecified atom stereocenters. The molecule has 0 amide bonds. The fourth-order valence-electron chi connectivity index (χ4n) is 1.62. The Hall–Kier alpha value is -0.650. The summed E-state index contributed by atoms with van der Waals surface area (Å²) in [6.45, 7) is 6.96. The summed E-state index contributed by atoms with van der Waals surface area (Å²) in [5.41, 5.74) is 1.68. The fraction of sp³-hybridized carbons (Fsp3) is 0.357. The topological polar surface area (TPSA) is 24.9 Å². The molecule has 0 fully saturated rings. The molecule has 2 aromatic rings. The average Bonchev–Trinajstić information content (AvgIpc) is 2.75. The van der Waals surface area contributed by atoms with Crippen molar-refractivity contribution in [3.05, 3.63) is 43.5 Å². The van der Waals surface area contributed by atoms with Crippen LogP contribution in [-0.2, 0) is 12.0 Å². The Morgan fingerprint density at radius 3 is 2.65 bits per heavy atom. The highest BCUT2D eigenvalue weighted by Crippen LogP contribution is 2.32. The Kier molecular flexibility index (Phi) is 4.72. The summed E-state index contributed by atoms with van der Waals surface area (Å²) in [7, 11) is 0. The highest BCUT2D eigenvalue weighted by atomic mass is 79.9. The van der Waals surface area contributed by atoms with Gasteiger partial charge >= 0.3 is 0 Å². The van der Waals surface area contributed by atoms with Crippen molar-refractivity contribution in [1.29, 1.82) is 0 Å². The number of halogens is 3. The van der Waals surface area contributed by atoms with Gasteiger partial charge in [0.2, 0.25) is 0 Å². The number of benzene rings is 1. The van der Waals surface area contributed by atoms with E-state index in [0.717, 1.165) is 10.7 Å². The van der Waals surface area contributed by atoms with Gasteiger partial charge < -0.3 is 5.32 Å². The molecule has 1 aromatic heterocycles. The highest BCUT2D eigenvalue weighted by molar-refractivity contribution is 9.10. The lowest BCUT2D eigenvalue weighted by Gasteiger charge is -2.13. The standard InChI is InChI=1S/C14H15BrClFN2S/c1-14(2,3)13-19-9(7-20-13)6-18-12-10(15)4-8(17)5-11(12)16/h4-5,7,18H,6H2,1-3H3. The van der Waals surface area contributed by atoms with Gasteiger partial charge in [-0.05, 0) is 28.1 Å². The van der Waals surface area contributed by atoms with Gasteiger partial charge in [0, 0.05) is 15.3 Å². The van der Waals surface area contributed by atoms with Crippen molar-refractivity contribution < 1.29 is 4.39 Å². The molecule has 0 spiro atoms. The third kappa shape index (κ3) is 3.71. The zero-order valence-electron chi connectivity index (χ0n) is 11.4. The number of hydrogen-bond donors (Lipinski definition) is 1. The van der Waals surface area contributed by atoms with Crippen LogP contribution in [0.4, 0.5) is 10.1 Å². The Morgan fingerprint density at radius 1 is 1.40 bits per heavy atom. The number of anilines is 1. The van der Waals surface area contributed by atoms with Crippen LogP contribution >= 0.6 is 38.9 Å². The SMILES string of the molecule is CC(C)(C)c1nc(CNc2c(Cl)cc(F)cc2Br)cs1. The molecule has 0 atom stereocenters. The molecular weight excluding hydrogens is 363 g/mol. The van der Waals surface area contributed by atoms with Crippen molar-refractivity contribution in [2.75, 3.05) is 5.32 Å². The number of thiazole rings is 1. The van der Waals surface area contributed by atoms with E-state index in [1.165, 1.54) is 12.1 Å². The van der Waals surface area contributed by atoms with Gasteiger partial charge in [0.05, 0.1) is 28.0 Å². The predicted molar refractivity (Wildman–Crippen MR) is 87.3 cm³/mol. The summed E-state index contributed by atoms with van der Waals surface area (Å²) in [5.74, 6) is -0.365. The maximum atomic E-state index is 13.2. The van der Waals surface area contributed by atoms with Gasteiger partial charge in [-0.3, -0.25) is 0 Å². The smallest absolute Gasteiger partial charge is 0.125 e. The molecule has 0 aliphatic carbocycles. The minimum absolute atomic E-state index is 0.0526. The van der Waals surface area contributed by atoms with E-state index in [1.54, 1.807) is 11.3 Å². The summed E-state index contributed by atoms with van der Waals surface area (Å²) in [4.78, 5) is 4.60. The van der Waals surface area contributed by atoms with Crippen LogP contribution in [0, 0.1) is 5.82 Å². The molecule has 0 saturated heterocycles. The van der Waals surface area contributed by atoms with Gasteiger partial charge in [0.15, 0.2) is 0 Å². The van der Waals surface area contributed by atoms with Crippen molar-refractivity contribution in [3.8, 4) is 0 Å². The highest BCUT2D eigenvalue weighted by Gasteiger charge is 2.18. The predicted octanol–water partition coefficient (Wildman–Crippen LogP) is 5.61. The lowest BCUT2D eigenvalue weighted by atomic mass is 9.98. The van der Waals surface area contributed by atoms with Crippen LogP contribution in [0.2, 0.25) is 5.02 Å². The zero-order valence-corrected chi connectivity index (χ0v) is 14.6. The molecule has 0 saturated carbocycles. The van der Waals surface area contributed by atoms with Gasteiger partial charge in [-0.1, -0.05) is 32.4 Å². The number of rotatable bonds is 3. The number of nitrogens with zero attached hydrogens (tertiary/aromatic N) is 1. The largest absolute Gasteiger partial charge is 0.377 e.